The van der Waals surface area contributed by atoms with Gasteiger partial charge in [-0.15, -0.1) is 0 Å². The van der Waals surface area contributed by atoms with Crippen molar-refractivity contribution in [1.29, 1.82) is 0 Å². The van der Waals surface area contributed by atoms with E-state index >= 15 is 0 Å². The summed E-state index contributed by atoms with van der Waals surface area (Å²) in [5, 5.41) is 5.64. The molecule has 0 fully saturated rings. The van der Waals surface area contributed by atoms with Gasteiger partial charge in [0.1, 0.15) is 11.8 Å². The number of amides is 3. The molecule has 0 spiro atoms. The molecule has 1 atom stereocenters. The van der Waals surface area contributed by atoms with E-state index in [1.165, 1.54) is 0 Å². The Hall–Kier alpha value is -3.02. The summed E-state index contributed by atoms with van der Waals surface area (Å²) < 4.78 is 5.54. The molecule has 28 heavy (non-hydrogen) atoms. The average molecular weight is 381 g/mol. The largest absolute Gasteiger partial charge is 0.492 e. The maximum absolute atomic E-state index is 13.2. The Labute approximate surface area is 165 Å². The van der Waals surface area contributed by atoms with Crippen LogP contribution < -0.4 is 20.3 Å². The van der Waals surface area contributed by atoms with Gasteiger partial charge in [0.15, 0.2) is 0 Å². The van der Waals surface area contributed by atoms with Crippen molar-refractivity contribution >= 4 is 23.3 Å². The Morgan fingerprint density at radius 3 is 2.57 bits per heavy atom. The minimum absolute atomic E-state index is 0.0480. The fraction of sp³-hybridized carbons (Fsp3) is 0.364. The smallest absolute Gasteiger partial charge is 0.320 e. The van der Waals surface area contributed by atoms with Crippen LogP contribution in [0.4, 0.5) is 16.2 Å². The van der Waals surface area contributed by atoms with Gasteiger partial charge in [0, 0.05) is 12.2 Å². The summed E-state index contributed by atoms with van der Waals surface area (Å²) in [6, 6.07) is 14.1. The van der Waals surface area contributed by atoms with Crippen LogP contribution in [0.5, 0.6) is 5.75 Å². The lowest BCUT2D eigenvalue weighted by Gasteiger charge is -2.27. The number of rotatable bonds is 6. The van der Waals surface area contributed by atoms with E-state index < -0.39 is 12.1 Å². The molecule has 0 saturated carbocycles. The highest BCUT2D eigenvalue weighted by Gasteiger charge is 2.32. The summed E-state index contributed by atoms with van der Waals surface area (Å²) in [7, 11) is 0. The van der Waals surface area contributed by atoms with Gasteiger partial charge in [0.25, 0.3) is 0 Å². The van der Waals surface area contributed by atoms with E-state index in [4.69, 9.17) is 4.74 Å². The zero-order valence-corrected chi connectivity index (χ0v) is 16.6. The number of carbonyl (C=O) groups is 2. The fourth-order valence-electron chi connectivity index (χ4n) is 3.40. The third-order valence-corrected chi connectivity index (χ3v) is 4.81. The monoisotopic (exact) mass is 381 g/mol. The molecule has 2 N–H and O–H groups in total. The highest BCUT2D eigenvalue weighted by atomic mass is 16.5. The first kappa shape index (κ1) is 19.7. The molecule has 0 aliphatic carbocycles. The van der Waals surface area contributed by atoms with Crippen molar-refractivity contribution in [2.45, 2.75) is 33.2 Å². The van der Waals surface area contributed by atoms with Crippen molar-refractivity contribution in [3.8, 4) is 5.75 Å². The minimum Gasteiger partial charge on any atom is -0.492 e. The number of benzene rings is 2. The third kappa shape index (κ3) is 4.27. The maximum Gasteiger partial charge on any atom is 0.320 e. The topological polar surface area (TPSA) is 70.7 Å². The lowest BCUT2D eigenvalue weighted by Crippen LogP contribution is -2.52. The first-order valence-corrected chi connectivity index (χ1v) is 9.70. The molecule has 1 unspecified atom stereocenters. The predicted octanol–water partition coefficient (Wildman–Crippen LogP) is 3.82. The predicted molar refractivity (Wildman–Crippen MR) is 111 cm³/mol. The molecule has 6 nitrogen and oxygen atoms in total. The summed E-state index contributed by atoms with van der Waals surface area (Å²) in [6.07, 6.45) is 0.834. The number of nitrogens with one attached hydrogen (secondary N) is 2. The summed E-state index contributed by atoms with van der Waals surface area (Å²) >= 11 is 0. The van der Waals surface area contributed by atoms with E-state index in [-0.39, 0.29) is 11.8 Å². The molecule has 2 aromatic carbocycles. The van der Waals surface area contributed by atoms with Crippen LogP contribution in [-0.2, 0) is 11.2 Å². The molecule has 0 aromatic heterocycles. The SMILES string of the molecule is CCOc1ccccc1NC(=O)NC(C(=O)N1CCc2ccccc21)C(C)C. The molecule has 0 saturated heterocycles. The molecule has 1 aliphatic rings. The number of fused-ring (bicyclic) bond motifs is 1. The summed E-state index contributed by atoms with van der Waals surface area (Å²) in [6.45, 7) is 6.88. The Morgan fingerprint density at radius 2 is 1.82 bits per heavy atom. The third-order valence-electron chi connectivity index (χ3n) is 4.81. The molecular formula is C22H27N3O3. The lowest BCUT2D eigenvalue weighted by molar-refractivity contribution is -0.121. The second kappa shape index (κ2) is 8.78. The van der Waals surface area contributed by atoms with Gasteiger partial charge < -0.3 is 20.3 Å². The Kier molecular flexibility index (Phi) is 6.19. The normalized spacial score (nSPS) is 13.8. The summed E-state index contributed by atoms with van der Waals surface area (Å²) in [4.78, 5) is 27.5. The van der Waals surface area contributed by atoms with Gasteiger partial charge in [-0.05, 0) is 43.0 Å². The lowest BCUT2D eigenvalue weighted by atomic mass is 10.0. The first-order chi connectivity index (χ1) is 13.5. The van der Waals surface area contributed by atoms with Crippen molar-refractivity contribution in [3.63, 3.8) is 0 Å². The molecule has 2 aromatic rings. The van der Waals surface area contributed by atoms with Gasteiger partial charge in [-0.3, -0.25) is 4.79 Å². The van der Waals surface area contributed by atoms with Crippen LogP contribution in [0, 0.1) is 5.92 Å². The van der Waals surface area contributed by atoms with Gasteiger partial charge in [0.2, 0.25) is 5.91 Å². The van der Waals surface area contributed by atoms with Crippen LogP contribution >= 0.6 is 0 Å². The van der Waals surface area contributed by atoms with Gasteiger partial charge in [-0.25, -0.2) is 4.79 Å². The number of hydrogen-bond acceptors (Lipinski definition) is 3. The fourth-order valence-corrected chi connectivity index (χ4v) is 3.40. The Balaban J connectivity index is 1.72. The van der Waals surface area contributed by atoms with Crippen molar-refractivity contribution in [2.24, 2.45) is 5.92 Å². The summed E-state index contributed by atoms with van der Waals surface area (Å²) in [5.74, 6) is 0.461. The van der Waals surface area contributed by atoms with E-state index in [0.29, 0.717) is 24.6 Å². The minimum atomic E-state index is -0.620. The highest BCUT2D eigenvalue weighted by Crippen LogP contribution is 2.29. The molecule has 6 heteroatoms. The maximum atomic E-state index is 13.2. The van der Waals surface area contributed by atoms with Crippen molar-refractivity contribution in [2.75, 3.05) is 23.4 Å². The van der Waals surface area contributed by atoms with Crippen molar-refractivity contribution in [1.82, 2.24) is 5.32 Å². The zero-order chi connectivity index (χ0) is 20.1. The van der Waals surface area contributed by atoms with Crippen molar-refractivity contribution < 1.29 is 14.3 Å². The van der Waals surface area contributed by atoms with E-state index in [0.717, 1.165) is 17.7 Å². The van der Waals surface area contributed by atoms with Crippen LogP contribution in [0.3, 0.4) is 0 Å². The van der Waals surface area contributed by atoms with Gasteiger partial charge in [0.05, 0.1) is 12.3 Å². The number of nitrogens with zero attached hydrogens (tertiary/aromatic N) is 1. The molecule has 0 bridgehead atoms. The van der Waals surface area contributed by atoms with E-state index in [2.05, 4.69) is 10.6 Å². The Bertz CT molecular complexity index is 850. The average Bonchev–Trinajstić information content (AvgIpc) is 3.11. The van der Waals surface area contributed by atoms with Crippen molar-refractivity contribution in [3.05, 3.63) is 54.1 Å². The number of carbonyl (C=O) groups excluding carboxylic acids is 2. The standard InChI is InChI=1S/C22H27N3O3/c1-4-28-19-12-8-6-10-17(19)23-22(27)24-20(15(2)3)21(26)25-14-13-16-9-5-7-11-18(16)25/h5-12,15,20H,4,13-14H2,1-3H3,(H2,23,24,27). The molecule has 3 rings (SSSR count). The number of anilines is 2. The number of ether oxygens (including phenoxy) is 1. The van der Waals surface area contributed by atoms with Crippen LogP contribution in [0.25, 0.3) is 0 Å². The van der Waals surface area contributed by atoms with Gasteiger partial charge in [-0.1, -0.05) is 44.2 Å². The van der Waals surface area contributed by atoms with Crippen LogP contribution in [0.2, 0.25) is 0 Å². The second-order valence-corrected chi connectivity index (χ2v) is 7.12. The molecular weight excluding hydrogens is 354 g/mol. The second-order valence-electron chi connectivity index (χ2n) is 7.12. The molecule has 1 heterocycles. The molecule has 1 aliphatic heterocycles. The van der Waals surface area contributed by atoms with E-state index in [9.17, 15) is 9.59 Å². The van der Waals surface area contributed by atoms with Crippen LogP contribution in [0.15, 0.2) is 48.5 Å². The molecule has 148 valence electrons. The van der Waals surface area contributed by atoms with Gasteiger partial charge >= 0.3 is 6.03 Å². The summed E-state index contributed by atoms with van der Waals surface area (Å²) in [5.41, 5.74) is 2.67. The molecule has 3 amide bonds. The number of hydrogen-bond donors (Lipinski definition) is 2. The Morgan fingerprint density at radius 1 is 1.11 bits per heavy atom. The van der Waals surface area contributed by atoms with E-state index in [1.54, 1.807) is 17.0 Å². The highest BCUT2D eigenvalue weighted by molar-refractivity contribution is 6.02. The number of para-hydroxylation sites is 3. The quantitative estimate of drug-likeness (QED) is 0.799. The zero-order valence-electron chi connectivity index (χ0n) is 16.6. The van der Waals surface area contributed by atoms with Crippen LogP contribution in [0.1, 0.15) is 26.3 Å². The van der Waals surface area contributed by atoms with E-state index in [1.807, 2.05) is 57.2 Å². The van der Waals surface area contributed by atoms with Gasteiger partial charge in [-0.2, -0.15) is 0 Å². The number of urea groups is 1. The first-order valence-electron chi connectivity index (χ1n) is 9.70. The van der Waals surface area contributed by atoms with Crippen LogP contribution in [-0.4, -0.2) is 31.1 Å². The molecule has 0 radical (unpaired) electrons.